The first-order valence-corrected chi connectivity index (χ1v) is 10.7. The highest BCUT2D eigenvalue weighted by Gasteiger charge is 2.21. The van der Waals surface area contributed by atoms with Crippen LogP contribution in [0.2, 0.25) is 0 Å². The normalized spacial score (nSPS) is 17.7. The molecule has 2 aromatic rings. The molecular weight excluding hydrogens is 380 g/mol. The summed E-state index contributed by atoms with van der Waals surface area (Å²) in [6, 6.07) is 10.4. The van der Waals surface area contributed by atoms with E-state index in [1.165, 1.54) is 11.1 Å². The Morgan fingerprint density at radius 1 is 1.30 bits per heavy atom. The first-order chi connectivity index (χ1) is 14.6. The molecule has 3 heterocycles. The van der Waals surface area contributed by atoms with Crippen molar-refractivity contribution in [1.82, 2.24) is 25.5 Å². The van der Waals surface area contributed by atoms with Crippen molar-refractivity contribution < 1.29 is 9.90 Å². The van der Waals surface area contributed by atoms with Crippen molar-refractivity contribution in [1.29, 1.82) is 0 Å². The van der Waals surface area contributed by atoms with Crippen molar-refractivity contribution >= 4 is 11.7 Å². The SMILES string of the molecule is CCc1nc(NC2CNC2)cc(C(=O)NCC(O)CN2CCc3ccccc3C2)n1. The number of rotatable bonds is 8. The zero-order valence-electron chi connectivity index (χ0n) is 17.4. The molecule has 0 bridgehead atoms. The van der Waals surface area contributed by atoms with Crippen molar-refractivity contribution in [2.75, 3.05) is 38.0 Å². The summed E-state index contributed by atoms with van der Waals surface area (Å²) in [6.45, 7) is 6.21. The second kappa shape index (κ2) is 9.51. The highest BCUT2D eigenvalue weighted by molar-refractivity contribution is 5.92. The van der Waals surface area contributed by atoms with Crippen LogP contribution in [0, 0.1) is 0 Å². The Morgan fingerprint density at radius 2 is 2.10 bits per heavy atom. The second-order valence-corrected chi connectivity index (χ2v) is 8.03. The third kappa shape index (κ3) is 5.13. The summed E-state index contributed by atoms with van der Waals surface area (Å²) < 4.78 is 0. The van der Waals surface area contributed by atoms with E-state index in [1.54, 1.807) is 6.07 Å². The highest BCUT2D eigenvalue weighted by Crippen LogP contribution is 2.18. The molecule has 1 amide bonds. The quantitative estimate of drug-likeness (QED) is 0.505. The zero-order chi connectivity index (χ0) is 20.9. The van der Waals surface area contributed by atoms with Crippen LogP contribution in [0.5, 0.6) is 0 Å². The molecule has 1 aromatic heterocycles. The van der Waals surface area contributed by atoms with Gasteiger partial charge in [0.15, 0.2) is 0 Å². The van der Waals surface area contributed by atoms with Crippen LogP contribution in [0.15, 0.2) is 30.3 Å². The van der Waals surface area contributed by atoms with Gasteiger partial charge in [0.1, 0.15) is 17.3 Å². The molecule has 8 nitrogen and oxygen atoms in total. The summed E-state index contributed by atoms with van der Waals surface area (Å²) in [4.78, 5) is 23.7. The number of aliphatic hydroxyl groups is 1. The standard InChI is InChI=1S/C22H30N6O2/c1-2-20-26-19(9-21(27-20)25-17-10-23-11-17)22(30)24-12-18(29)14-28-8-7-15-5-3-4-6-16(15)13-28/h3-6,9,17-18,23,29H,2,7-8,10-14H2,1H3,(H,24,30)(H,25,26,27). The lowest BCUT2D eigenvalue weighted by atomic mass is 10.00. The van der Waals surface area contributed by atoms with Crippen molar-refractivity contribution in [2.45, 2.75) is 38.5 Å². The lowest BCUT2D eigenvalue weighted by Crippen LogP contribution is -2.51. The number of anilines is 1. The number of nitrogens with one attached hydrogen (secondary N) is 3. The van der Waals surface area contributed by atoms with Gasteiger partial charge in [0.05, 0.1) is 12.1 Å². The van der Waals surface area contributed by atoms with Gasteiger partial charge in [-0.1, -0.05) is 31.2 Å². The van der Waals surface area contributed by atoms with Crippen molar-refractivity contribution in [3.05, 3.63) is 53.0 Å². The number of carbonyl (C=O) groups is 1. The Balaban J connectivity index is 1.30. The predicted molar refractivity (Wildman–Crippen MR) is 115 cm³/mol. The minimum Gasteiger partial charge on any atom is -0.390 e. The molecule has 1 unspecified atom stereocenters. The Bertz CT molecular complexity index is 886. The number of aromatic nitrogens is 2. The minimum absolute atomic E-state index is 0.192. The molecule has 0 spiro atoms. The van der Waals surface area contributed by atoms with Crippen LogP contribution < -0.4 is 16.0 Å². The summed E-state index contributed by atoms with van der Waals surface area (Å²) in [5.74, 6) is 1.01. The van der Waals surface area contributed by atoms with E-state index in [0.29, 0.717) is 36.3 Å². The number of hydrogen-bond acceptors (Lipinski definition) is 7. The molecule has 0 radical (unpaired) electrons. The van der Waals surface area contributed by atoms with Crippen LogP contribution in [-0.2, 0) is 19.4 Å². The number of hydrogen-bond donors (Lipinski definition) is 4. The summed E-state index contributed by atoms with van der Waals surface area (Å²) in [6.07, 6.45) is 1.00. The van der Waals surface area contributed by atoms with Crippen LogP contribution >= 0.6 is 0 Å². The average molecular weight is 411 g/mol. The van der Waals surface area contributed by atoms with Crippen LogP contribution in [0.25, 0.3) is 0 Å². The minimum atomic E-state index is -0.634. The Morgan fingerprint density at radius 3 is 2.83 bits per heavy atom. The lowest BCUT2D eigenvalue weighted by molar-refractivity contribution is 0.0837. The zero-order valence-corrected chi connectivity index (χ0v) is 17.4. The second-order valence-electron chi connectivity index (χ2n) is 8.03. The number of nitrogens with zero attached hydrogens (tertiary/aromatic N) is 3. The van der Waals surface area contributed by atoms with Gasteiger partial charge in [-0.05, 0) is 17.5 Å². The molecule has 0 saturated carbocycles. The van der Waals surface area contributed by atoms with Gasteiger partial charge in [0.25, 0.3) is 5.91 Å². The summed E-state index contributed by atoms with van der Waals surface area (Å²) in [5, 5.41) is 19.8. The topological polar surface area (TPSA) is 102 Å². The molecule has 0 aliphatic carbocycles. The third-order valence-electron chi connectivity index (χ3n) is 5.63. The molecular formula is C22H30N6O2. The van der Waals surface area contributed by atoms with Crippen LogP contribution in [0.4, 0.5) is 5.82 Å². The number of amides is 1. The summed E-state index contributed by atoms with van der Waals surface area (Å²) >= 11 is 0. The van der Waals surface area contributed by atoms with Gasteiger partial charge >= 0.3 is 0 Å². The van der Waals surface area contributed by atoms with E-state index in [4.69, 9.17) is 0 Å². The van der Waals surface area contributed by atoms with Crippen molar-refractivity contribution in [2.24, 2.45) is 0 Å². The summed E-state index contributed by atoms with van der Waals surface area (Å²) in [7, 11) is 0. The summed E-state index contributed by atoms with van der Waals surface area (Å²) in [5.41, 5.74) is 3.03. The molecule has 4 rings (SSSR count). The number of β-amino-alcohol motifs (C(OH)–C–C–N with tert-alkyl or cyclic N) is 1. The number of aliphatic hydroxyl groups excluding tert-OH is 1. The third-order valence-corrected chi connectivity index (χ3v) is 5.63. The maximum Gasteiger partial charge on any atom is 0.270 e. The van der Waals surface area contributed by atoms with Crippen LogP contribution in [0.3, 0.4) is 0 Å². The molecule has 1 saturated heterocycles. The molecule has 160 valence electrons. The van der Waals surface area contributed by atoms with E-state index < -0.39 is 6.10 Å². The average Bonchev–Trinajstić information content (AvgIpc) is 2.74. The van der Waals surface area contributed by atoms with Gasteiger partial charge in [-0.15, -0.1) is 0 Å². The maximum atomic E-state index is 12.6. The smallest absolute Gasteiger partial charge is 0.270 e. The highest BCUT2D eigenvalue weighted by atomic mass is 16.3. The largest absolute Gasteiger partial charge is 0.390 e. The van der Waals surface area contributed by atoms with Gasteiger partial charge < -0.3 is 21.1 Å². The molecule has 2 aliphatic rings. The molecule has 4 N–H and O–H groups in total. The van der Waals surface area contributed by atoms with E-state index in [2.05, 4.69) is 55.1 Å². The fraction of sp³-hybridized carbons (Fsp3) is 0.500. The van der Waals surface area contributed by atoms with E-state index >= 15 is 0 Å². The molecule has 1 atom stereocenters. The van der Waals surface area contributed by atoms with E-state index in [9.17, 15) is 9.90 Å². The Labute approximate surface area is 177 Å². The fourth-order valence-electron chi connectivity index (χ4n) is 3.82. The van der Waals surface area contributed by atoms with E-state index in [1.807, 2.05) is 6.92 Å². The molecule has 8 heteroatoms. The van der Waals surface area contributed by atoms with Crippen LogP contribution in [-0.4, -0.2) is 70.8 Å². The Hall–Kier alpha value is -2.55. The predicted octanol–water partition coefficient (Wildman–Crippen LogP) is 0.572. The fourth-order valence-corrected chi connectivity index (χ4v) is 3.82. The Kier molecular flexibility index (Phi) is 6.56. The van der Waals surface area contributed by atoms with Gasteiger partial charge in [0.2, 0.25) is 0 Å². The van der Waals surface area contributed by atoms with E-state index in [0.717, 1.165) is 32.6 Å². The number of fused-ring (bicyclic) bond motifs is 1. The van der Waals surface area contributed by atoms with Crippen molar-refractivity contribution in [3.63, 3.8) is 0 Å². The maximum absolute atomic E-state index is 12.6. The number of benzene rings is 1. The number of carbonyl (C=O) groups excluding carboxylic acids is 1. The van der Waals surface area contributed by atoms with Gasteiger partial charge in [0, 0.05) is 51.8 Å². The molecule has 30 heavy (non-hydrogen) atoms. The van der Waals surface area contributed by atoms with Gasteiger partial charge in [-0.3, -0.25) is 9.69 Å². The monoisotopic (exact) mass is 410 g/mol. The molecule has 1 fully saturated rings. The lowest BCUT2D eigenvalue weighted by Gasteiger charge is -2.30. The van der Waals surface area contributed by atoms with E-state index in [-0.39, 0.29) is 12.5 Å². The van der Waals surface area contributed by atoms with Crippen LogP contribution in [0.1, 0.15) is 34.4 Å². The van der Waals surface area contributed by atoms with Gasteiger partial charge in [-0.2, -0.15) is 0 Å². The first-order valence-electron chi connectivity index (χ1n) is 10.7. The molecule has 2 aliphatic heterocycles. The van der Waals surface area contributed by atoms with Gasteiger partial charge in [-0.25, -0.2) is 9.97 Å². The number of aryl methyl sites for hydroxylation is 1. The van der Waals surface area contributed by atoms with Crippen molar-refractivity contribution in [3.8, 4) is 0 Å². The molecule has 1 aromatic carbocycles. The first kappa shape index (κ1) is 20.7.